The van der Waals surface area contributed by atoms with E-state index in [-0.39, 0.29) is 6.42 Å². The van der Waals surface area contributed by atoms with Gasteiger partial charge in [-0.1, -0.05) is 0 Å². The normalized spacial score (nSPS) is 14.6. The summed E-state index contributed by atoms with van der Waals surface area (Å²) < 4.78 is 5.55. The van der Waals surface area contributed by atoms with Gasteiger partial charge in [0.1, 0.15) is 5.75 Å². The third-order valence-corrected chi connectivity index (χ3v) is 5.50. The summed E-state index contributed by atoms with van der Waals surface area (Å²) in [5.41, 5.74) is 2.83. The zero-order valence-corrected chi connectivity index (χ0v) is 15.6. The largest absolute Gasteiger partial charge is 0.494 e. The molecule has 0 radical (unpaired) electrons. The molecule has 0 atom stereocenters. The molecule has 1 fully saturated rings. The van der Waals surface area contributed by atoms with Crippen molar-refractivity contribution in [3.63, 3.8) is 0 Å². The van der Waals surface area contributed by atoms with Crippen LogP contribution < -0.4 is 9.64 Å². The lowest BCUT2D eigenvalue weighted by molar-refractivity contribution is -0.136. The van der Waals surface area contributed by atoms with Gasteiger partial charge in [-0.3, -0.25) is 4.79 Å². The highest BCUT2D eigenvalue weighted by molar-refractivity contribution is 7.16. The first-order chi connectivity index (χ1) is 12.1. The standard InChI is InChI=1S/C19H24N2O3S/c1-3-24-14-7-8-15(13(2)11-14)18-16(12-17(22)23)25-19(20-18)21-9-5-4-6-10-21/h7-8,11H,3-6,9-10,12H2,1-2H3,(H,22,23). The molecule has 134 valence electrons. The summed E-state index contributed by atoms with van der Waals surface area (Å²) in [4.78, 5) is 19.2. The fraction of sp³-hybridized carbons (Fsp3) is 0.474. The number of ether oxygens (including phenoxy) is 1. The smallest absolute Gasteiger partial charge is 0.308 e. The van der Waals surface area contributed by atoms with Gasteiger partial charge in [0.25, 0.3) is 0 Å². The van der Waals surface area contributed by atoms with Crippen molar-refractivity contribution in [3.05, 3.63) is 28.6 Å². The van der Waals surface area contributed by atoms with Crippen molar-refractivity contribution in [1.82, 2.24) is 4.98 Å². The van der Waals surface area contributed by atoms with Crippen molar-refractivity contribution in [2.75, 3.05) is 24.6 Å². The van der Waals surface area contributed by atoms with Gasteiger partial charge in [0.05, 0.1) is 18.7 Å². The van der Waals surface area contributed by atoms with E-state index in [9.17, 15) is 9.90 Å². The fourth-order valence-electron chi connectivity index (χ4n) is 3.19. The van der Waals surface area contributed by atoms with Crippen LogP contribution in [0.1, 0.15) is 36.6 Å². The van der Waals surface area contributed by atoms with Crippen LogP contribution >= 0.6 is 11.3 Å². The minimum absolute atomic E-state index is 0.00743. The van der Waals surface area contributed by atoms with E-state index in [4.69, 9.17) is 9.72 Å². The Morgan fingerprint density at radius 3 is 2.72 bits per heavy atom. The molecular weight excluding hydrogens is 336 g/mol. The number of aromatic nitrogens is 1. The zero-order chi connectivity index (χ0) is 17.8. The number of hydrogen-bond donors (Lipinski definition) is 1. The number of carboxylic acids is 1. The average molecular weight is 360 g/mol. The molecule has 0 spiro atoms. The Bertz CT molecular complexity index is 751. The van der Waals surface area contributed by atoms with Crippen molar-refractivity contribution in [1.29, 1.82) is 0 Å². The molecule has 25 heavy (non-hydrogen) atoms. The lowest BCUT2D eigenvalue weighted by atomic mass is 10.0. The van der Waals surface area contributed by atoms with Gasteiger partial charge in [0.15, 0.2) is 5.13 Å². The number of carbonyl (C=O) groups is 1. The Kier molecular flexibility index (Phi) is 5.58. The van der Waals surface area contributed by atoms with E-state index in [1.54, 1.807) is 0 Å². The lowest BCUT2D eigenvalue weighted by Gasteiger charge is -2.25. The number of aryl methyl sites for hydroxylation is 1. The minimum atomic E-state index is -0.821. The van der Waals surface area contributed by atoms with Crippen LogP contribution in [0.5, 0.6) is 5.75 Å². The molecule has 1 aromatic heterocycles. The van der Waals surface area contributed by atoms with Crippen LogP contribution in [0.3, 0.4) is 0 Å². The summed E-state index contributed by atoms with van der Waals surface area (Å²) in [5, 5.41) is 10.2. The first-order valence-electron chi connectivity index (χ1n) is 8.78. The first-order valence-corrected chi connectivity index (χ1v) is 9.60. The molecule has 2 heterocycles. The topological polar surface area (TPSA) is 62.7 Å². The average Bonchev–Trinajstić information content (AvgIpc) is 2.99. The Balaban J connectivity index is 1.98. The van der Waals surface area contributed by atoms with Gasteiger partial charge in [0, 0.05) is 23.5 Å². The predicted octanol–water partition coefficient (Wildman–Crippen LogP) is 4.13. The van der Waals surface area contributed by atoms with Crippen LogP contribution in [0.25, 0.3) is 11.3 Å². The van der Waals surface area contributed by atoms with Crippen molar-refractivity contribution < 1.29 is 14.6 Å². The minimum Gasteiger partial charge on any atom is -0.494 e. The highest BCUT2D eigenvalue weighted by Crippen LogP contribution is 2.37. The van der Waals surface area contributed by atoms with E-state index < -0.39 is 5.97 Å². The van der Waals surface area contributed by atoms with E-state index >= 15 is 0 Å². The van der Waals surface area contributed by atoms with E-state index in [2.05, 4.69) is 4.90 Å². The highest BCUT2D eigenvalue weighted by atomic mass is 32.1. The van der Waals surface area contributed by atoms with Crippen LogP contribution in [0.2, 0.25) is 0 Å². The second kappa shape index (κ2) is 7.87. The Morgan fingerprint density at radius 2 is 2.08 bits per heavy atom. The molecule has 1 aliphatic heterocycles. The van der Waals surface area contributed by atoms with Crippen molar-refractivity contribution in [2.45, 2.75) is 39.5 Å². The Morgan fingerprint density at radius 1 is 1.32 bits per heavy atom. The van der Waals surface area contributed by atoms with Gasteiger partial charge in [-0.15, -0.1) is 11.3 Å². The maximum Gasteiger partial charge on any atom is 0.308 e. The highest BCUT2D eigenvalue weighted by Gasteiger charge is 2.21. The third-order valence-electron chi connectivity index (χ3n) is 4.39. The monoisotopic (exact) mass is 360 g/mol. The molecule has 1 N–H and O–H groups in total. The molecule has 1 aliphatic rings. The number of benzene rings is 1. The molecule has 5 nitrogen and oxygen atoms in total. The summed E-state index contributed by atoms with van der Waals surface area (Å²) in [7, 11) is 0. The number of hydrogen-bond acceptors (Lipinski definition) is 5. The molecule has 0 unspecified atom stereocenters. The molecular formula is C19H24N2O3S. The molecule has 6 heteroatoms. The van der Waals surface area contributed by atoms with Crippen molar-refractivity contribution in [2.24, 2.45) is 0 Å². The Labute approximate surface area is 152 Å². The van der Waals surface area contributed by atoms with Crippen LogP contribution in [0.4, 0.5) is 5.13 Å². The number of rotatable bonds is 6. The number of thiazole rings is 1. The zero-order valence-electron chi connectivity index (χ0n) is 14.7. The summed E-state index contributed by atoms with van der Waals surface area (Å²) in [6.07, 6.45) is 3.61. The molecule has 0 aliphatic carbocycles. The van der Waals surface area contributed by atoms with Crippen LogP contribution in [0.15, 0.2) is 18.2 Å². The second-order valence-corrected chi connectivity index (χ2v) is 7.36. The summed E-state index contributed by atoms with van der Waals surface area (Å²) in [5.74, 6) is 0.00806. The summed E-state index contributed by atoms with van der Waals surface area (Å²) in [6, 6.07) is 5.90. The van der Waals surface area contributed by atoms with Gasteiger partial charge in [-0.2, -0.15) is 0 Å². The number of carboxylic acid groups (broad SMARTS) is 1. The van der Waals surface area contributed by atoms with E-state index in [1.807, 2.05) is 32.0 Å². The molecule has 2 aromatic rings. The van der Waals surface area contributed by atoms with Crippen molar-refractivity contribution >= 4 is 22.4 Å². The molecule has 0 amide bonds. The maximum absolute atomic E-state index is 11.3. The molecule has 1 saturated heterocycles. The first kappa shape index (κ1) is 17.7. The number of piperidine rings is 1. The third kappa shape index (κ3) is 4.12. The summed E-state index contributed by atoms with van der Waals surface area (Å²) in [6.45, 7) is 6.60. The molecule has 0 saturated carbocycles. The van der Waals surface area contributed by atoms with Gasteiger partial charge >= 0.3 is 5.97 Å². The van der Waals surface area contributed by atoms with Crippen molar-refractivity contribution in [3.8, 4) is 17.0 Å². The van der Waals surface area contributed by atoms with Gasteiger partial charge in [-0.05, 0) is 56.9 Å². The number of anilines is 1. The van der Waals surface area contributed by atoms with Gasteiger partial charge in [-0.25, -0.2) is 4.98 Å². The van der Waals surface area contributed by atoms with Gasteiger partial charge in [0.2, 0.25) is 0 Å². The van der Waals surface area contributed by atoms with Gasteiger partial charge < -0.3 is 14.7 Å². The quantitative estimate of drug-likeness (QED) is 0.839. The molecule has 3 rings (SSSR count). The van der Waals surface area contributed by atoms with Crippen LogP contribution in [0, 0.1) is 6.92 Å². The molecule has 0 bridgehead atoms. The van der Waals surface area contributed by atoms with E-state index in [0.717, 1.165) is 45.7 Å². The number of aliphatic carboxylic acids is 1. The SMILES string of the molecule is CCOc1ccc(-c2nc(N3CCCCC3)sc2CC(=O)O)c(C)c1. The van der Waals surface area contributed by atoms with Crippen LogP contribution in [-0.4, -0.2) is 35.8 Å². The summed E-state index contributed by atoms with van der Waals surface area (Å²) >= 11 is 1.52. The fourth-order valence-corrected chi connectivity index (χ4v) is 4.30. The lowest BCUT2D eigenvalue weighted by Crippen LogP contribution is -2.29. The molecule has 1 aromatic carbocycles. The predicted molar refractivity (Wildman–Crippen MR) is 101 cm³/mol. The number of nitrogens with zero attached hydrogens (tertiary/aromatic N) is 2. The second-order valence-electron chi connectivity index (χ2n) is 6.30. The van der Waals surface area contributed by atoms with E-state index in [0.29, 0.717) is 6.61 Å². The van der Waals surface area contributed by atoms with E-state index in [1.165, 1.54) is 30.6 Å². The maximum atomic E-state index is 11.3. The van der Waals surface area contributed by atoms with Crippen LogP contribution in [-0.2, 0) is 11.2 Å². The Hall–Kier alpha value is -2.08.